The Morgan fingerprint density at radius 3 is 2.33 bits per heavy atom. The fraction of sp³-hybridized carbons (Fsp3) is 0.524. The van der Waals surface area contributed by atoms with E-state index in [1.165, 1.54) is 21.7 Å². The highest BCUT2D eigenvalue weighted by Gasteiger charge is 2.29. The smallest absolute Gasteiger partial charge is 0.220 e. The molecule has 30 heavy (non-hydrogen) atoms. The first-order valence-corrected chi connectivity index (χ1v) is 11.7. The molecule has 8 nitrogen and oxygen atoms in total. The number of rotatable bonds is 5. The van der Waals surface area contributed by atoms with Crippen molar-refractivity contribution in [3.8, 4) is 0 Å². The van der Waals surface area contributed by atoms with Crippen LogP contribution in [0.15, 0.2) is 46.1 Å². The summed E-state index contributed by atoms with van der Waals surface area (Å²) >= 11 is 0. The van der Waals surface area contributed by atoms with E-state index in [9.17, 15) is 8.42 Å². The Labute approximate surface area is 179 Å². The summed E-state index contributed by atoms with van der Waals surface area (Å²) in [5, 5.41) is 7.09. The van der Waals surface area contributed by atoms with Crippen LogP contribution in [0.3, 0.4) is 0 Å². The van der Waals surface area contributed by atoms with E-state index in [2.05, 4.69) is 65.4 Å². The van der Waals surface area contributed by atoms with Gasteiger partial charge in [-0.3, -0.25) is 4.99 Å². The van der Waals surface area contributed by atoms with Crippen LogP contribution in [0.5, 0.6) is 0 Å². The predicted octanol–water partition coefficient (Wildman–Crippen LogP) is 2.20. The molecule has 1 aromatic heterocycles. The van der Waals surface area contributed by atoms with Gasteiger partial charge in [0.05, 0.1) is 5.69 Å². The topological polar surface area (TPSA) is 91.0 Å². The number of hydrogen-bond donors (Lipinski definition) is 1. The molecule has 0 unspecified atom stereocenters. The molecule has 9 heteroatoms. The number of guanidine groups is 1. The van der Waals surface area contributed by atoms with Gasteiger partial charge in [0.15, 0.2) is 5.96 Å². The second-order valence-corrected chi connectivity index (χ2v) is 10.4. The fourth-order valence-corrected chi connectivity index (χ4v) is 4.83. The van der Waals surface area contributed by atoms with E-state index in [4.69, 9.17) is 4.52 Å². The maximum absolute atomic E-state index is 12.6. The van der Waals surface area contributed by atoms with Gasteiger partial charge in [0, 0.05) is 45.8 Å². The SMILES string of the molecule is CN=C(NCc1ccc(C(C)(C)C)cc1)N1CCN(S(=O)(=O)Cc2ccon2)CC1. The monoisotopic (exact) mass is 433 g/mol. The van der Waals surface area contributed by atoms with Crippen molar-refractivity contribution in [3.05, 3.63) is 53.4 Å². The summed E-state index contributed by atoms with van der Waals surface area (Å²) in [7, 11) is -1.66. The second kappa shape index (κ2) is 9.18. The third-order valence-corrected chi connectivity index (χ3v) is 7.05. The molecule has 1 aliphatic rings. The van der Waals surface area contributed by atoms with Crippen molar-refractivity contribution in [2.24, 2.45) is 4.99 Å². The van der Waals surface area contributed by atoms with Crippen molar-refractivity contribution in [2.75, 3.05) is 33.2 Å². The maximum atomic E-state index is 12.6. The lowest BCUT2D eigenvalue weighted by molar-refractivity contribution is 0.259. The molecular formula is C21H31N5O3S. The van der Waals surface area contributed by atoms with Gasteiger partial charge in [-0.15, -0.1) is 0 Å². The predicted molar refractivity (Wildman–Crippen MR) is 118 cm³/mol. The molecule has 0 bridgehead atoms. The van der Waals surface area contributed by atoms with Gasteiger partial charge in [0.25, 0.3) is 0 Å². The summed E-state index contributed by atoms with van der Waals surface area (Å²) in [5.74, 6) is 0.643. The molecule has 2 heterocycles. The maximum Gasteiger partial charge on any atom is 0.220 e. The average molecular weight is 434 g/mol. The molecule has 0 amide bonds. The molecule has 3 rings (SSSR count). The first-order valence-electron chi connectivity index (χ1n) is 10.1. The minimum atomic E-state index is -3.41. The van der Waals surface area contributed by atoms with Crippen LogP contribution >= 0.6 is 0 Å². The van der Waals surface area contributed by atoms with Crippen molar-refractivity contribution < 1.29 is 12.9 Å². The normalized spacial score (nSPS) is 16.7. The zero-order valence-electron chi connectivity index (χ0n) is 18.1. The van der Waals surface area contributed by atoms with Gasteiger partial charge < -0.3 is 14.7 Å². The van der Waals surface area contributed by atoms with Crippen molar-refractivity contribution in [1.82, 2.24) is 19.7 Å². The van der Waals surface area contributed by atoms with E-state index >= 15 is 0 Å². The van der Waals surface area contributed by atoms with Gasteiger partial charge in [0.2, 0.25) is 10.0 Å². The van der Waals surface area contributed by atoms with Gasteiger partial charge in [-0.1, -0.05) is 50.2 Å². The number of nitrogens with one attached hydrogen (secondary N) is 1. The summed E-state index contributed by atoms with van der Waals surface area (Å²) in [5.41, 5.74) is 3.04. The number of aliphatic imine (C=N–C) groups is 1. The molecular weight excluding hydrogens is 402 g/mol. The van der Waals surface area contributed by atoms with E-state index in [1.54, 1.807) is 13.1 Å². The lowest BCUT2D eigenvalue weighted by atomic mass is 9.87. The van der Waals surface area contributed by atoms with Crippen LogP contribution in [0.4, 0.5) is 0 Å². The Morgan fingerprint density at radius 1 is 1.13 bits per heavy atom. The summed E-state index contributed by atoms with van der Waals surface area (Å²) < 4.78 is 31.4. The Bertz CT molecular complexity index is 940. The summed E-state index contributed by atoms with van der Waals surface area (Å²) in [6.07, 6.45) is 1.38. The quantitative estimate of drug-likeness (QED) is 0.574. The number of piperazine rings is 1. The molecule has 0 radical (unpaired) electrons. The second-order valence-electron chi connectivity index (χ2n) is 8.48. The van der Waals surface area contributed by atoms with Crippen LogP contribution in [0.25, 0.3) is 0 Å². The van der Waals surface area contributed by atoms with E-state index < -0.39 is 10.0 Å². The minimum Gasteiger partial charge on any atom is -0.364 e. The first-order chi connectivity index (χ1) is 14.2. The third-order valence-electron chi connectivity index (χ3n) is 5.24. The van der Waals surface area contributed by atoms with Crippen LogP contribution in [0.2, 0.25) is 0 Å². The van der Waals surface area contributed by atoms with Crippen molar-refractivity contribution in [1.29, 1.82) is 0 Å². The standard InChI is InChI=1S/C21H31N5O3S/c1-21(2,3)18-7-5-17(6-8-18)15-23-20(22-4)25-10-12-26(13-11-25)30(27,28)16-19-9-14-29-24-19/h5-9,14H,10-13,15-16H2,1-4H3,(H,22,23). The zero-order chi connectivity index (χ0) is 21.8. The minimum absolute atomic E-state index is 0.135. The largest absolute Gasteiger partial charge is 0.364 e. The highest BCUT2D eigenvalue weighted by atomic mass is 32.2. The summed E-state index contributed by atoms with van der Waals surface area (Å²) in [6.45, 7) is 9.28. The van der Waals surface area contributed by atoms with E-state index in [0.717, 1.165) is 5.96 Å². The summed E-state index contributed by atoms with van der Waals surface area (Å²) in [4.78, 5) is 6.46. The molecule has 0 atom stereocenters. The highest BCUT2D eigenvalue weighted by Crippen LogP contribution is 2.22. The molecule has 0 spiro atoms. The molecule has 2 aromatic rings. The van der Waals surface area contributed by atoms with Crippen LogP contribution < -0.4 is 5.32 Å². The summed E-state index contributed by atoms with van der Waals surface area (Å²) in [6, 6.07) is 10.2. The van der Waals surface area contributed by atoms with Gasteiger partial charge in [-0.25, -0.2) is 8.42 Å². The number of sulfonamides is 1. The van der Waals surface area contributed by atoms with Crippen molar-refractivity contribution >= 4 is 16.0 Å². The third kappa shape index (κ3) is 5.60. The fourth-order valence-electron chi connectivity index (χ4n) is 3.40. The molecule has 1 N–H and O–H groups in total. The Kier molecular flexibility index (Phi) is 6.82. The van der Waals surface area contributed by atoms with Crippen molar-refractivity contribution in [2.45, 2.75) is 38.5 Å². The van der Waals surface area contributed by atoms with Gasteiger partial charge in [-0.05, 0) is 16.5 Å². The van der Waals surface area contributed by atoms with Crippen LogP contribution in [-0.2, 0) is 27.7 Å². The highest BCUT2D eigenvalue weighted by molar-refractivity contribution is 7.88. The number of benzene rings is 1. The Balaban J connectivity index is 1.52. The number of aromatic nitrogens is 1. The zero-order valence-corrected chi connectivity index (χ0v) is 18.9. The van der Waals surface area contributed by atoms with E-state index in [1.807, 2.05) is 0 Å². The average Bonchev–Trinajstić information content (AvgIpc) is 3.21. The van der Waals surface area contributed by atoms with Crippen molar-refractivity contribution in [3.63, 3.8) is 0 Å². The van der Waals surface area contributed by atoms with Crippen LogP contribution in [-0.4, -0.2) is 62.0 Å². The lowest BCUT2D eigenvalue weighted by Gasteiger charge is -2.35. The van der Waals surface area contributed by atoms with Crippen LogP contribution in [0.1, 0.15) is 37.6 Å². The molecule has 0 saturated carbocycles. The number of nitrogens with zero attached hydrogens (tertiary/aromatic N) is 4. The lowest BCUT2D eigenvalue weighted by Crippen LogP contribution is -2.53. The molecule has 164 valence electrons. The molecule has 1 fully saturated rings. The molecule has 1 aliphatic heterocycles. The van der Waals surface area contributed by atoms with Gasteiger partial charge in [0.1, 0.15) is 12.0 Å². The van der Waals surface area contributed by atoms with E-state index in [-0.39, 0.29) is 11.2 Å². The Hall–Kier alpha value is -2.39. The molecule has 0 aliphatic carbocycles. The molecule has 1 saturated heterocycles. The van der Waals surface area contributed by atoms with E-state index in [0.29, 0.717) is 38.4 Å². The number of hydrogen-bond acceptors (Lipinski definition) is 5. The molecule has 1 aromatic carbocycles. The van der Waals surface area contributed by atoms with Crippen LogP contribution in [0, 0.1) is 0 Å². The van der Waals surface area contributed by atoms with Gasteiger partial charge in [-0.2, -0.15) is 4.31 Å². The first kappa shape index (κ1) is 22.3. The van der Waals surface area contributed by atoms with Gasteiger partial charge >= 0.3 is 0 Å². The Morgan fingerprint density at radius 2 is 1.80 bits per heavy atom.